The summed E-state index contributed by atoms with van der Waals surface area (Å²) in [5.41, 5.74) is 2.26. The quantitative estimate of drug-likeness (QED) is 0.877. The molecule has 1 saturated heterocycles. The van der Waals surface area contributed by atoms with Crippen LogP contribution in [0.3, 0.4) is 0 Å². The van der Waals surface area contributed by atoms with Gasteiger partial charge in [-0.15, -0.1) is 0 Å². The summed E-state index contributed by atoms with van der Waals surface area (Å²) in [6.07, 6.45) is 1.65. The van der Waals surface area contributed by atoms with E-state index in [0.29, 0.717) is 17.3 Å². The summed E-state index contributed by atoms with van der Waals surface area (Å²) in [5, 5.41) is 15.8. The summed E-state index contributed by atoms with van der Waals surface area (Å²) in [6.45, 7) is 8.90. The zero-order valence-electron chi connectivity index (χ0n) is 14.2. The van der Waals surface area contributed by atoms with Crippen LogP contribution in [0.15, 0.2) is 18.2 Å². The van der Waals surface area contributed by atoms with Crippen molar-refractivity contribution in [3.05, 3.63) is 23.8 Å². The van der Waals surface area contributed by atoms with E-state index >= 15 is 0 Å². The summed E-state index contributed by atoms with van der Waals surface area (Å²) < 4.78 is 0. The lowest BCUT2D eigenvalue weighted by Gasteiger charge is -2.36. The topological polar surface area (TPSA) is 68.2 Å². The van der Waals surface area contributed by atoms with Gasteiger partial charge in [-0.2, -0.15) is 5.26 Å². The Hall–Kier alpha value is -2.06. The van der Waals surface area contributed by atoms with Crippen molar-refractivity contribution in [1.29, 1.82) is 5.26 Å². The number of carbonyl (C=O) groups excluding carboxylic acids is 1. The van der Waals surface area contributed by atoms with Gasteiger partial charge in [0.05, 0.1) is 11.3 Å². The lowest BCUT2D eigenvalue weighted by atomic mass is 10.0. The van der Waals surface area contributed by atoms with Crippen molar-refractivity contribution in [2.45, 2.75) is 39.7 Å². The average Bonchev–Trinajstić information content (AvgIpc) is 2.56. The van der Waals surface area contributed by atoms with E-state index in [1.807, 2.05) is 26.0 Å². The molecule has 0 spiro atoms. The highest BCUT2D eigenvalue weighted by atomic mass is 16.1. The number of hydrogen-bond donors (Lipinski definition) is 2. The molecule has 5 nitrogen and oxygen atoms in total. The number of nitriles is 1. The number of amides is 1. The molecule has 23 heavy (non-hydrogen) atoms. The zero-order valence-corrected chi connectivity index (χ0v) is 14.2. The van der Waals surface area contributed by atoms with Crippen LogP contribution in [0.4, 0.5) is 11.4 Å². The Morgan fingerprint density at radius 2 is 2.22 bits per heavy atom. The summed E-state index contributed by atoms with van der Waals surface area (Å²) >= 11 is 0. The molecule has 2 N–H and O–H groups in total. The molecule has 1 heterocycles. The Kier molecular flexibility index (Phi) is 6.00. The van der Waals surface area contributed by atoms with Crippen LogP contribution in [0.25, 0.3) is 0 Å². The molecule has 1 unspecified atom stereocenters. The molecule has 0 bridgehead atoms. The first-order chi connectivity index (χ1) is 11.1. The lowest BCUT2D eigenvalue weighted by Crippen LogP contribution is -2.50. The number of hydrogen-bond acceptors (Lipinski definition) is 4. The zero-order chi connectivity index (χ0) is 16.8. The van der Waals surface area contributed by atoms with Crippen LogP contribution in [0, 0.1) is 17.2 Å². The lowest BCUT2D eigenvalue weighted by molar-refractivity contribution is -0.120. The van der Waals surface area contributed by atoms with Gasteiger partial charge in [0.2, 0.25) is 5.91 Å². The maximum atomic E-state index is 12.2. The molecule has 0 aromatic heterocycles. The van der Waals surface area contributed by atoms with Crippen LogP contribution in [-0.4, -0.2) is 31.6 Å². The molecule has 0 saturated carbocycles. The second-order valence-electron chi connectivity index (χ2n) is 6.09. The van der Waals surface area contributed by atoms with E-state index in [1.165, 1.54) is 0 Å². The van der Waals surface area contributed by atoms with Crippen molar-refractivity contribution >= 4 is 17.3 Å². The largest absolute Gasteiger partial charge is 0.365 e. The van der Waals surface area contributed by atoms with Crippen molar-refractivity contribution in [2.24, 2.45) is 5.92 Å². The predicted molar refractivity (Wildman–Crippen MR) is 93.5 cm³/mol. The first-order valence-corrected chi connectivity index (χ1v) is 8.43. The second kappa shape index (κ2) is 7.98. The van der Waals surface area contributed by atoms with Crippen LogP contribution < -0.4 is 15.5 Å². The minimum absolute atomic E-state index is 0.0217. The van der Waals surface area contributed by atoms with E-state index in [4.69, 9.17) is 0 Å². The van der Waals surface area contributed by atoms with Crippen LogP contribution in [0.2, 0.25) is 0 Å². The standard InChI is InChI=1S/C18H26N4O/c1-4-14(5-2)18(23)21-16-6-7-17(15(10-16)11-19)22-9-8-20-12-13(22)3/h6-7,10,13-14,20H,4-5,8-9,12H2,1-3H3,(H,21,23). The number of carbonyl (C=O) groups is 1. The van der Waals surface area contributed by atoms with E-state index in [-0.39, 0.29) is 11.8 Å². The van der Waals surface area contributed by atoms with Crippen LogP contribution in [-0.2, 0) is 4.79 Å². The van der Waals surface area contributed by atoms with E-state index in [0.717, 1.165) is 38.2 Å². The molecule has 1 atom stereocenters. The summed E-state index contributed by atoms with van der Waals surface area (Å²) in [4.78, 5) is 14.5. The van der Waals surface area contributed by atoms with Crippen molar-refractivity contribution < 1.29 is 4.79 Å². The molecule has 1 fully saturated rings. The highest BCUT2D eigenvalue weighted by Crippen LogP contribution is 2.26. The molecule has 5 heteroatoms. The van der Waals surface area contributed by atoms with Crippen molar-refractivity contribution in [3.63, 3.8) is 0 Å². The number of nitrogens with one attached hydrogen (secondary N) is 2. The van der Waals surface area contributed by atoms with E-state index in [9.17, 15) is 10.1 Å². The summed E-state index contributed by atoms with van der Waals surface area (Å²) in [7, 11) is 0. The van der Waals surface area contributed by atoms with Crippen LogP contribution in [0.1, 0.15) is 39.2 Å². The molecule has 1 aliphatic heterocycles. The van der Waals surface area contributed by atoms with Gasteiger partial charge < -0.3 is 15.5 Å². The van der Waals surface area contributed by atoms with Gasteiger partial charge in [-0.3, -0.25) is 4.79 Å². The number of rotatable bonds is 5. The fourth-order valence-corrected chi connectivity index (χ4v) is 3.06. The van der Waals surface area contributed by atoms with Gasteiger partial charge in [0.25, 0.3) is 0 Å². The fourth-order valence-electron chi connectivity index (χ4n) is 3.06. The second-order valence-corrected chi connectivity index (χ2v) is 6.09. The number of nitrogens with zero attached hydrogens (tertiary/aromatic N) is 2. The molecular weight excluding hydrogens is 288 g/mol. The Labute approximate surface area is 138 Å². The third-order valence-electron chi connectivity index (χ3n) is 4.55. The van der Waals surface area contributed by atoms with Gasteiger partial charge in [-0.25, -0.2) is 0 Å². The Bertz CT molecular complexity index is 589. The monoisotopic (exact) mass is 314 g/mol. The predicted octanol–water partition coefficient (Wildman–Crippen LogP) is 2.73. The Morgan fingerprint density at radius 1 is 1.48 bits per heavy atom. The summed E-state index contributed by atoms with van der Waals surface area (Å²) in [5.74, 6) is 0.0515. The smallest absolute Gasteiger partial charge is 0.227 e. The Balaban J connectivity index is 2.19. The first-order valence-electron chi connectivity index (χ1n) is 8.43. The van der Waals surface area contributed by atoms with Gasteiger partial charge in [-0.1, -0.05) is 13.8 Å². The van der Waals surface area contributed by atoms with E-state index in [2.05, 4.69) is 28.5 Å². The molecule has 124 valence electrons. The van der Waals surface area contributed by atoms with E-state index in [1.54, 1.807) is 6.07 Å². The first kappa shape index (κ1) is 17.3. The van der Waals surface area contributed by atoms with Gasteiger partial charge in [0, 0.05) is 37.3 Å². The van der Waals surface area contributed by atoms with Gasteiger partial charge >= 0.3 is 0 Å². The van der Waals surface area contributed by atoms with Gasteiger partial charge in [0.1, 0.15) is 6.07 Å². The molecule has 0 aliphatic carbocycles. The highest BCUT2D eigenvalue weighted by Gasteiger charge is 2.21. The number of anilines is 2. The molecule has 2 rings (SSSR count). The SMILES string of the molecule is CCC(CC)C(=O)Nc1ccc(N2CCNCC2C)c(C#N)c1. The molecule has 1 amide bonds. The Morgan fingerprint density at radius 3 is 2.83 bits per heavy atom. The third-order valence-corrected chi connectivity index (χ3v) is 4.55. The maximum absolute atomic E-state index is 12.2. The van der Waals surface area contributed by atoms with Gasteiger partial charge in [-0.05, 0) is 38.0 Å². The maximum Gasteiger partial charge on any atom is 0.227 e. The van der Waals surface area contributed by atoms with E-state index < -0.39 is 0 Å². The molecule has 1 aromatic carbocycles. The highest BCUT2D eigenvalue weighted by molar-refractivity contribution is 5.93. The third kappa shape index (κ3) is 4.02. The molecule has 0 radical (unpaired) electrons. The number of piperazine rings is 1. The number of benzene rings is 1. The van der Waals surface area contributed by atoms with Crippen LogP contribution in [0.5, 0.6) is 0 Å². The van der Waals surface area contributed by atoms with Crippen molar-refractivity contribution in [3.8, 4) is 6.07 Å². The minimum Gasteiger partial charge on any atom is -0.365 e. The summed E-state index contributed by atoms with van der Waals surface area (Å²) in [6, 6.07) is 8.24. The average molecular weight is 314 g/mol. The molecular formula is C18H26N4O. The van der Waals surface area contributed by atoms with Crippen molar-refractivity contribution in [2.75, 3.05) is 29.9 Å². The normalized spacial score (nSPS) is 17.9. The molecule has 1 aliphatic rings. The fraction of sp³-hybridized carbons (Fsp3) is 0.556. The van der Waals surface area contributed by atoms with Crippen LogP contribution >= 0.6 is 0 Å². The van der Waals surface area contributed by atoms with Gasteiger partial charge in [0.15, 0.2) is 0 Å². The van der Waals surface area contributed by atoms with Crippen molar-refractivity contribution in [1.82, 2.24) is 5.32 Å². The minimum atomic E-state index is 0.0217. The molecule has 1 aromatic rings.